The lowest BCUT2D eigenvalue weighted by atomic mass is 10.1. The number of nitrogens with zero attached hydrogens (tertiary/aromatic N) is 2. The van der Waals surface area contributed by atoms with Crippen molar-refractivity contribution in [3.05, 3.63) is 82.4 Å². The Hall–Kier alpha value is -3.75. The van der Waals surface area contributed by atoms with E-state index in [1.54, 1.807) is 18.3 Å². The minimum atomic E-state index is -0.365. The Balaban J connectivity index is 1.56. The smallest absolute Gasteiger partial charge is 0.350 e. The molecule has 170 valence electrons. The average molecular weight is 445 g/mol. The Labute approximate surface area is 191 Å². The minimum Gasteiger partial charge on any atom is -0.350 e. The highest BCUT2D eigenvalue weighted by Gasteiger charge is 2.12. The van der Waals surface area contributed by atoms with Crippen LogP contribution < -0.4 is 22.1 Å². The molecule has 0 saturated carbocycles. The maximum Gasteiger partial charge on any atom is 0.354 e. The Bertz CT molecular complexity index is 1310. The number of benzene rings is 2. The normalized spacial score (nSPS) is 12.1. The second-order valence-corrected chi connectivity index (χ2v) is 8.10. The van der Waals surface area contributed by atoms with Gasteiger partial charge in [-0.2, -0.15) is 4.98 Å². The van der Waals surface area contributed by atoms with E-state index in [9.17, 15) is 9.59 Å². The number of aromatic amines is 1. The lowest BCUT2D eigenvalue weighted by Crippen LogP contribution is -2.34. The van der Waals surface area contributed by atoms with Crippen LogP contribution in [0.2, 0.25) is 0 Å². The van der Waals surface area contributed by atoms with Crippen molar-refractivity contribution in [1.29, 1.82) is 0 Å². The summed E-state index contributed by atoms with van der Waals surface area (Å²) < 4.78 is 1.52. The van der Waals surface area contributed by atoms with Crippen LogP contribution in [0.25, 0.3) is 28.0 Å². The van der Waals surface area contributed by atoms with Crippen LogP contribution in [-0.2, 0) is 6.54 Å². The summed E-state index contributed by atoms with van der Waals surface area (Å²) >= 11 is 0. The Morgan fingerprint density at radius 1 is 1.15 bits per heavy atom. The van der Waals surface area contributed by atoms with Gasteiger partial charge in [-0.1, -0.05) is 24.3 Å². The van der Waals surface area contributed by atoms with E-state index in [0.29, 0.717) is 17.8 Å². The molecule has 4 rings (SSSR count). The summed E-state index contributed by atoms with van der Waals surface area (Å²) in [5.74, 6) is -0.0961. The first-order chi connectivity index (χ1) is 16.0. The minimum absolute atomic E-state index is 0.0869. The molecule has 4 aromatic rings. The molecule has 1 unspecified atom stereocenters. The molecule has 0 radical (unpaired) electrons. The maximum absolute atomic E-state index is 12.6. The van der Waals surface area contributed by atoms with Crippen molar-refractivity contribution in [2.24, 2.45) is 5.73 Å². The summed E-state index contributed by atoms with van der Waals surface area (Å²) in [7, 11) is 1.89. The zero-order chi connectivity index (χ0) is 23.4. The van der Waals surface area contributed by atoms with E-state index in [2.05, 4.69) is 20.6 Å². The highest BCUT2D eigenvalue weighted by molar-refractivity contribution is 5.95. The van der Waals surface area contributed by atoms with Gasteiger partial charge in [0, 0.05) is 35.4 Å². The first-order valence-corrected chi connectivity index (χ1v) is 11.0. The van der Waals surface area contributed by atoms with Gasteiger partial charge >= 0.3 is 5.69 Å². The van der Waals surface area contributed by atoms with Crippen molar-refractivity contribution in [3.63, 3.8) is 0 Å². The summed E-state index contributed by atoms with van der Waals surface area (Å²) in [6.07, 6.45) is 2.64. The fraction of sp³-hybridized carbons (Fsp3) is 0.240. The molecule has 2 aromatic carbocycles. The predicted molar refractivity (Wildman–Crippen MR) is 130 cm³/mol. The number of carbonyl (C=O) groups is 1. The number of rotatable bonds is 8. The third-order valence-electron chi connectivity index (χ3n) is 5.62. The first kappa shape index (κ1) is 22.4. The quantitative estimate of drug-likeness (QED) is 0.333. The van der Waals surface area contributed by atoms with Crippen molar-refractivity contribution >= 4 is 16.9 Å². The molecule has 0 aliphatic rings. The molecule has 0 aliphatic carbocycles. The van der Waals surface area contributed by atoms with E-state index < -0.39 is 0 Å². The first-order valence-electron chi connectivity index (χ1n) is 11.0. The van der Waals surface area contributed by atoms with Crippen LogP contribution in [0.1, 0.15) is 29.3 Å². The number of nitrogens with two attached hydrogens (primary N) is 1. The van der Waals surface area contributed by atoms with E-state index in [1.807, 2.05) is 56.4 Å². The van der Waals surface area contributed by atoms with Crippen molar-refractivity contribution in [2.75, 3.05) is 13.6 Å². The number of nitrogens with one attached hydrogen (secondary N) is 3. The average Bonchev–Trinajstić information content (AvgIpc) is 3.25. The molecule has 0 aliphatic heterocycles. The van der Waals surface area contributed by atoms with E-state index in [4.69, 9.17) is 5.73 Å². The van der Waals surface area contributed by atoms with Gasteiger partial charge < -0.3 is 21.4 Å². The van der Waals surface area contributed by atoms with Gasteiger partial charge in [-0.3, -0.25) is 9.36 Å². The largest absolute Gasteiger partial charge is 0.354 e. The third kappa shape index (κ3) is 5.02. The zero-order valence-electron chi connectivity index (χ0n) is 18.8. The molecular formula is C25H28N6O2. The van der Waals surface area contributed by atoms with Crippen LogP contribution in [0.5, 0.6) is 0 Å². The monoisotopic (exact) mass is 444 g/mol. The Morgan fingerprint density at radius 2 is 1.88 bits per heavy atom. The lowest BCUT2D eigenvalue weighted by Gasteiger charge is -2.13. The predicted octanol–water partition coefficient (Wildman–Crippen LogP) is 2.57. The number of H-pyrrole nitrogens is 1. The second-order valence-electron chi connectivity index (χ2n) is 8.10. The number of aromatic nitrogens is 3. The van der Waals surface area contributed by atoms with Gasteiger partial charge in [0.05, 0.1) is 5.69 Å². The molecule has 2 aromatic heterocycles. The van der Waals surface area contributed by atoms with Gasteiger partial charge in [0.25, 0.3) is 5.91 Å². The van der Waals surface area contributed by atoms with Gasteiger partial charge in [0.1, 0.15) is 5.65 Å². The van der Waals surface area contributed by atoms with Gasteiger partial charge in [0.15, 0.2) is 0 Å². The fourth-order valence-electron chi connectivity index (χ4n) is 3.67. The van der Waals surface area contributed by atoms with Crippen LogP contribution in [0, 0.1) is 0 Å². The molecule has 0 spiro atoms. The topological polar surface area (TPSA) is 118 Å². The number of hydrogen-bond acceptors (Lipinski definition) is 5. The molecule has 8 nitrogen and oxygen atoms in total. The number of fused-ring (bicyclic) bond motifs is 1. The van der Waals surface area contributed by atoms with Gasteiger partial charge in [-0.25, -0.2) is 4.79 Å². The summed E-state index contributed by atoms with van der Waals surface area (Å²) in [4.78, 5) is 32.4. The van der Waals surface area contributed by atoms with Crippen molar-refractivity contribution in [2.45, 2.75) is 25.9 Å². The molecule has 2 heterocycles. The van der Waals surface area contributed by atoms with E-state index in [-0.39, 0.29) is 17.6 Å². The van der Waals surface area contributed by atoms with Crippen LogP contribution in [0.4, 0.5) is 0 Å². The molecule has 0 fully saturated rings. The Morgan fingerprint density at radius 3 is 2.55 bits per heavy atom. The maximum atomic E-state index is 12.6. The van der Waals surface area contributed by atoms with Gasteiger partial charge in [0.2, 0.25) is 0 Å². The van der Waals surface area contributed by atoms with E-state index in [1.165, 1.54) is 4.57 Å². The molecule has 8 heteroatoms. The van der Waals surface area contributed by atoms with E-state index in [0.717, 1.165) is 40.9 Å². The van der Waals surface area contributed by atoms with Crippen LogP contribution >= 0.6 is 0 Å². The van der Waals surface area contributed by atoms with Gasteiger partial charge in [-0.15, -0.1) is 0 Å². The number of carbonyl (C=O) groups excluding carboxylic acids is 1. The number of amides is 1. The van der Waals surface area contributed by atoms with E-state index >= 15 is 0 Å². The summed E-state index contributed by atoms with van der Waals surface area (Å²) in [6, 6.07) is 16.9. The summed E-state index contributed by atoms with van der Waals surface area (Å²) in [5.41, 5.74) is 9.86. The standard InChI is InChI=1S/C25H28N6O2/c1-16(11-12-27-2)28-24(32)19-7-5-18(6-8-19)22-13-20-15-31(25(33)30-23(20)29-22)21-9-3-17(14-26)4-10-21/h3-10,13,15-16,27H,11-12,14,26H2,1-2H3,(H,28,32)(H,29,30,33). The van der Waals surface area contributed by atoms with Crippen LogP contribution in [-0.4, -0.2) is 40.1 Å². The SMILES string of the molecule is CNCCC(C)NC(=O)c1ccc(-c2cc3cn(-c4ccc(CN)cc4)c(=O)nc3[nH]2)cc1. The highest BCUT2D eigenvalue weighted by Crippen LogP contribution is 2.23. The fourth-order valence-corrected chi connectivity index (χ4v) is 3.67. The molecule has 33 heavy (non-hydrogen) atoms. The Kier molecular flexibility index (Phi) is 6.67. The lowest BCUT2D eigenvalue weighted by molar-refractivity contribution is 0.0938. The van der Waals surface area contributed by atoms with Crippen LogP contribution in [0.3, 0.4) is 0 Å². The third-order valence-corrected chi connectivity index (χ3v) is 5.62. The molecule has 1 atom stereocenters. The number of hydrogen-bond donors (Lipinski definition) is 4. The van der Waals surface area contributed by atoms with Gasteiger partial charge in [-0.05, 0) is 68.4 Å². The molecule has 0 bridgehead atoms. The highest BCUT2D eigenvalue weighted by atomic mass is 16.2. The van der Waals surface area contributed by atoms with Crippen molar-refractivity contribution in [1.82, 2.24) is 25.2 Å². The molecule has 0 saturated heterocycles. The molecule has 5 N–H and O–H groups in total. The van der Waals surface area contributed by atoms with Crippen molar-refractivity contribution in [3.8, 4) is 16.9 Å². The zero-order valence-corrected chi connectivity index (χ0v) is 18.8. The molecular weight excluding hydrogens is 416 g/mol. The van der Waals surface area contributed by atoms with Crippen molar-refractivity contribution < 1.29 is 4.79 Å². The summed E-state index contributed by atoms with van der Waals surface area (Å²) in [6.45, 7) is 3.28. The molecule has 1 amide bonds. The second kappa shape index (κ2) is 9.81. The summed E-state index contributed by atoms with van der Waals surface area (Å²) in [5, 5.41) is 6.90. The van der Waals surface area contributed by atoms with Crippen LogP contribution in [0.15, 0.2) is 65.6 Å².